The summed E-state index contributed by atoms with van der Waals surface area (Å²) in [5.74, 6) is -7.61. The van der Waals surface area contributed by atoms with E-state index in [9.17, 15) is 39.6 Å². The molecule has 4 heterocycles. The van der Waals surface area contributed by atoms with Crippen molar-refractivity contribution in [3.63, 3.8) is 0 Å². The van der Waals surface area contributed by atoms with Gasteiger partial charge in [0.2, 0.25) is 5.78 Å². The highest BCUT2D eigenvalue weighted by Gasteiger charge is 2.52. The molecule has 1 amide bonds. The van der Waals surface area contributed by atoms with Gasteiger partial charge in [0.05, 0.1) is 47.8 Å². The molecule has 6 rings (SSSR count). The Morgan fingerprint density at radius 1 is 1.02 bits per heavy atom. The number of benzene rings is 1. The van der Waals surface area contributed by atoms with Crippen LogP contribution in [0, 0.1) is 30.6 Å². The number of phenols is 1. The predicted octanol–water partition coefficient (Wildman–Crippen LogP) is 4.60. The van der Waals surface area contributed by atoms with E-state index in [1.54, 1.807) is 46.8 Å². The van der Waals surface area contributed by atoms with Crippen LogP contribution in [0.5, 0.6) is 11.5 Å². The fraction of sp³-hybridized carbons (Fsp3) is 0.558. The Morgan fingerprint density at radius 2 is 1.70 bits per heavy atom. The van der Waals surface area contributed by atoms with Crippen LogP contribution in [0.3, 0.4) is 0 Å². The van der Waals surface area contributed by atoms with E-state index in [1.807, 2.05) is 4.90 Å². The first kappa shape index (κ1) is 43.5. The maximum Gasteiger partial charge on any atom is 0.312 e. The molecule has 1 aromatic rings. The van der Waals surface area contributed by atoms with Gasteiger partial charge in [0, 0.05) is 73.6 Å². The Morgan fingerprint density at radius 3 is 2.33 bits per heavy atom. The summed E-state index contributed by atoms with van der Waals surface area (Å²) in [4.78, 5) is 60.8. The third-order valence-corrected chi connectivity index (χ3v) is 11.9. The average Bonchev–Trinajstić information content (AvgIpc) is 3.76. The van der Waals surface area contributed by atoms with Gasteiger partial charge >= 0.3 is 11.8 Å². The number of fused-ring (bicyclic) bond motifs is 13. The molecular weight excluding hydrogens is 736 g/mol. The molecule has 2 unspecified atom stereocenters. The molecule has 4 N–H and O–H groups in total. The number of hydrogen-bond acceptors (Lipinski definition) is 13. The quantitative estimate of drug-likeness (QED) is 0.309. The molecule has 310 valence electrons. The third-order valence-electron chi connectivity index (χ3n) is 11.9. The first-order valence-electron chi connectivity index (χ1n) is 19.5. The second-order valence-corrected chi connectivity index (χ2v) is 16.0. The fourth-order valence-electron chi connectivity index (χ4n) is 8.40. The number of carbonyl (C=O) groups is 4. The number of aliphatic imine (C=N–C) groups is 1. The highest BCUT2D eigenvalue weighted by atomic mass is 16.7. The summed E-state index contributed by atoms with van der Waals surface area (Å²) in [6.07, 6.45) is 5.59. The van der Waals surface area contributed by atoms with Gasteiger partial charge in [-0.25, -0.2) is 4.99 Å². The molecule has 4 aliphatic heterocycles. The molecule has 0 radical (unpaired) electrons. The van der Waals surface area contributed by atoms with Gasteiger partial charge in [-0.1, -0.05) is 45.9 Å². The Kier molecular flexibility index (Phi) is 13.0. The number of allylic oxidation sites excluding steroid dienone is 3. The molecule has 1 saturated heterocycles. The maximum atomic E-state index is 14.6. The number of hydrogen-bond donors (Lipinski definition) is 4. The molecule has 0 spiro atoms. The van der Waals surface area contributed by atoms with Crippen molar-refractivity contribution >= 4 is 34.9 Å². The van der Waals surface area contributed by atoms with E-state index in [0.717, 1.165) is 0 Å². The van der Waals surface area contributed by atoms with Crippen LogP contribution < -0.4 is 4.74 Å². The highest BCUT2D eigenvalue weighted by molar-refractivity contribution is 6.54. The summed E-state index contributed by atoms with van der Waals surface area (Å²) >= 11 is 0. The predicted molar refractivity (Wildman–Crippen MR) is 211 cm³/mol. The van der Waals surface area contributed by atoms with E-state index in [4.69, 9.17) is 18.9 Å². The molecule has 5 aliphatic rings. The van der Waals surface area contributed by atoms with Gasteiger partial charge < -0.3 is 44.3 Å². The molecule has 0 aromatic heterocycles. The number of likely N-dealkylation sites (tertiary alicyclic amines) is 1. The lowest BCUT2D eigenvalue weighted by atomic mass is 9.78. The summed E-state index contributed by atoms with van der Waals surface area (Å²) in [6, 6.07) is -0.414. The Hall–Kier alpha value is -4.63. The normalized spacial score (nSPS) is 34.5. The molecule has 0 saturated carbocycles. The van der Waals surface area contributed by atoms with Crippen LogP contribution >= 0.6 is 0 Å². The highest BCUT2D eigenvalue weighted by Crippen LogP contribution is 2.51. The van der Waals surface area contributed by atoms with E-state index in [-0.39, 0.29) is 39.3 Å². The summed E-state index contributed by atoms with van der Waals surface area (Å²) in [5, 5.41) is 45.3. The van der Waals surface area contributed by atoms with Crippen LogP contribution in [0.25, 0.3) is 5.70 Å². The fourth-order valence-corrected chi connectivity index (χ4v) is 8.40. The molecule has 5 bridgehead atoms. The molecular formula is C43H56N2O12. The molecule has 14 nitrogen and oxygen atoms in total. The van der Waals surface area contributed by atoms with E-state index in [1.165, 1.54) is 59.3 Å². The van der Waals surface area contributed by atoms with Gasteiger partial charge in [0.15, 0.2) is 0 Å². The SMILES string of the molecule is CO[C@H]1C=CO[C@@]2(C)Oc3c(C)c(O)c4c(c3C2=O)C(N2CCCC2C(C)O)=CC(=NC(=O)/C(C)=C\C=C\[C@H](C)[C@H](O)[C@@H](C)[C@@H](O)[C@@H](C)[C@H](OC(C)=O)[C@@H]1C)C4=O. The lowest BCUT2D eigenvalue weighted by Crippen LogP contribution is -2.46. The van der Waals surface area contributed by atoms with Gasteiger partial charge in [-0.15, -0.1) is 0 Å². The van der Waals surface area contributed by atoms with Crippen molar-refractivity contribution in [2.75, 3.05) is 13.7 Å². The van der Waals surface area contributed by atoms with Gasteiger partial charge in [0.25, 0.3) is 11.7 Å². The number of amides is 1. The Labute approximate surface area is 333 Å². The van der Waals surface area contributed by atoms with Crippen molar-refractivity contribution in [1.82, 2.24) is 4.90 Å². The molecule has 1 fully saturated rings. The molecule has 11 atom stereocenters. The number of aromatic hydroxyl groups is 1. The number of Topliss-reactive ketones (excluding diaryl/α,β-unsaturated/α-hetero) is 2. The summed E-state index contributed by atoms with van der Waals surface area (Å²) in [7, 11) is 1.45. The van der Waals surface area contributed by atoms with Crippen molar-refractivity contribution in [2.24, 2.45) is 28.7 Å². The topological polar surface area (TPSA) is 202 Å². The monoisotopic (exact) mass is 792 g/mol. The number of rotatable bonds is 4. The standard InChI is InChI=1S/C43H56N2O12/c1-20-13-11-14-21(2)42(53)44-28-19-30(45-17-12-15-29(45)26(7)46)32-33(38(28)51)37(50)25(6)40-34(32)41(52)43(9,57-40)55-18-16-31(54-10)22(3)39(56-27(8)47)24(5)36(49)23(4)35(20)48/h11,13-14,16,18-20,22-24,26,29,31,35-36,39,46,48-50H,12,15,17H2,1-10H3/b13-11+,18-16?,21-14-,44-28?/t20-,22+,23+,24+,26?,29?,31-,35-,36+,39+,43-/m0/s1. The average molecular weight is 793 g/mol. The van der Waals surface area contributed by atoms with E-state index < -0.39 is 95.2 Å². The van der Waals surface area contributed by atoms with Gasteiger partial charge in [-0.05, 0) is 45.8 Å². The molecule has 57 heavy (non-hydrogen) atoms. The Bertz CT molecular complexity index is 1940. The first-order chi connectivity index (χ1) is 26.7. The maximum absolute atomic E-state index is 14.6. The van der Waals surface area contributed by atoms with Crippen molar-refractivity contribution in [3.8, 4) is 11.5 Å². The lowest BCUT2D eigenvalue weighted by Gasteiger charge is -2.38. The largest absolute Gasteiger partial charge is 0.507 e. The zero-order chi connectivity index (χ0) is 42.3. The van der Waals surface area contributed by atoms with Crippen molar-refractivity contribution in [2.45, 2.75) is 118 Å². The zero-order valence-corrected chi connectivity index (χ0v) is 34.3. The van der Waals surface area contributed by atoms with Crippen molar-refractivity contribution in [1.29, 1.82) is 0 Å². The number of esters is 1. The number of ether oxygens (including phenoxy) is 4. The van der Waals surface area contributed by atoms with Gasteiger partial charge in [0.1, 0.15) is 23.3 Å². The summed E-state index contributed by atoms with van der Waals surface area (Å²) in [6.45, 7) is 14.7. The van der Waals surface area contributed by atoms with Gasteiger partial charge in [-0.3, -0.25) is 19.2 Å². The second-order valence-electron chi connectivity index (χ2n) is 16.0. The minimum atomic E-state index is -1.98. The number of phenolic OH excluding ortho intramolecular Hbond substituents is 1. The first-order valence-corrected chi connectivity index (χ1v) is 19.5. The zero-order valence-electron chi connectivity index (χ0n) is 34.3. The van der Waals surface area contributed by atoms with Crippen LogP contribution in [0.4, 0.5) is 0 Å². The number of nitrogens with zero attached hydrogens (tertiary/aromatic N) is 2. The van der Waals surface area contributed by atoms with Crippen molar-refractivity contribution < 1.29 is 58.6 Å². The number of methoxy groups -OCH3 is 1. The van der Waals surface area contributed by atoms with Crippen LogP contribution in [0.1, 0.15) is 100 Å². The lowest BCUT2D eigenvalue weighted by molar-refractivity contribution is -0.160. The van der Waals surface area contributed by atoms with Crippen molar-refractivity contribution in [3.05, 3.63) is 64.5 Å². The Balaban J connectivity index is 1.70. The minimum absolute atomic E-state index is 0.00567. The van der Waals surface area contributed by atoms with Crippen LogP contribution in [-0.2, 0) is 23.8 Å². The molecule has 1 aliphatic carbocycles. The summed E-state index contributed by atoms with van der Waals surface area (Å²) < 4.78 is 23.8. The number of aliphatic hydroxyl groups is 3. The minimum Gasteiger partial charge on any atom is -0.507 e. The number of ketones is 2. The molecule has 14 heteroatoms. The molecule has 1 aromatic carbocycles. The van der Waals surface area contributed by atoms with Gasteiger partial charge in [-0.2, -0.15) is 0 Å². The summed E-state index contributed by atoms with van der Waals surface area (Å²) in [5.41, 5.74) is 0.171. The van der Waals surface area contributed by atoms with E-state index in [2.05, 4.69) is 4.99 Å². The van der Waals surface area contributed by atoms with Crippen LogP contribution in [0.2, 0.25) is 0 Å². The number of carbonyl (C=O) groups excluding carboxylic acids is 4. The number of aliphatic hydroxyl groups excluding tert-OH is 3. The smallest absolute Gasteiger partial charge is 0.312 e. The van der Waals surface area contributed by atoms with Crippen LogP contribution in [0.15, 0.2) is 47.2 Å². The third kappa shape index (κ3) is 8.23. The second kappa shape index (κ2) is 17.1. The van der Waals surface area contributed by atoms with Crippen LogP contribution in [-0.4, -0.2) is 110 Å². The van der Waals surface area contributed by atoms with E-state index >= 15 is 0 Å². The van der Waals surface area contributed by atoms with E-state index in [0.29, 0.717) is 25.1 Å².